The van der Waals surface area contributed by atoms with E-state index in [9.17, 15) is 9.59 Å². The molecule has 0 aliphatic carbocycles. The van der Waals surface area contributed by atoms with E-state index in [4.69, 9.17) is 0 Å². The van der Waals surface area contributed by atoms with Gasteiger partial charge in [0.2, 0.25) is 0 Å². The molecule has 0 saturated heterocycles. The first-order valence-corrected chi connectivity index (χ1v) is 8.68. The van der Waals surface area contributed by atoms with E-state index in [2.05, 4.69) is 23.7 Å². The summed E-state index contributed by atoms with van der Waals surface area (Å²) in [6.07, 6.45) is 0. The number of carbonyl (C=O) groups is 2. The Kier molecular flexibility index (Phi) is 6.07. The minimum absolute atomic E-state index is 0.00680. The standard InChI is InChI=1S/C18H22N2O2S/c1-4-20(12-17-9-6-10-23-17)13(2)18(22)19-16-8-5-7-15(11-16)14(3)21/h5-11,13H,4,12H2,1-3H3,(H,19,22)/p+1/t13-/m0/s1. The summed E-state index contributed by atoms with van der Waals surface area (Å²) in [6, 6.07) is 11.0. The van der Waals surface area contributed by atoms with Crippen molar-refractivity contribution in [1.29, 1.82) is 0 Å². The lowest BCUT2D eigenvalue weighted by Crippen LogP contribution is -3.15. The predicted octanol–water partition coefficient (Wildman–Crippen LogP) is 2.38. The molecule has 0 radical (unpaired) electrons. The van der Waals surface area contributed by atoms with Gasteiger partial charge in [-0.05, 0) is 44.4 Å². The molecule has 1 unspecified atom stereocenters. The fraction of sp³-hybridized carbons (Fsp3) is 0.333. The first-order chi connectivity index (χ1) is 11.0. The number of thiophene rings is 1. The topological polar surface area (TPSA) is 50.6 Å². The number of anilines is 1. The number of hydrogen-bond acceptors (Lipinski definition) is 3. The van der Waals surface area contributed by atoms with E-state index in [-0.39, 0.29) is 17.7 Å². The number of rotatable bonds is 7. The highest BCUT2D eigenvalue weighted by Crippen LogP contribution is 2.11. The number of quaternary nitrogens is 1. The number of nitrogens with one attached hydrogen (secondary N) is 2. The average molecular weight is 331 g/mol. The fourth-order valence-electron chi connectivity index (χ4n) is 2.47. The Hall–Kier alpha value is -1.98. The van der Waals surface area contributed by atoms with Crippen molar-refractivity contribution in [2.75, 3.05) is 11.9 Å². The molecule has 0 spiro atoms. The molecular weight excluding hydrogens is 308 g/mol. The SMILES string of the molecule is CC[NH+](Cc1cccs1)[C@@H](C)C(=O)Nc1cccc(C(C)=O)c1. The van der Waals surface area contributed by atoms with Crippen molar-refractivity contribution in [2.24, 2.45) is 0 Å². The lowest BCUT2D eigenvalue weighted by Gasteiger charge is -2.23. The maximum absolute atomic E-state index is 12.5. The largest absolute Gasteiger partial charge is 0.321 e. The van der Waals surface area contributed by atoms with Crippen LogP contribution in [-0.2, 0) is 11.3 Å². The van der Waals surface area contributed by atoms with Crippen LogP contribution >= 0.6 is 11.3 Å². The summed E-state index contributed by atoms with van der Waals surface area (Å²) in [4.78, 5) is 26.4. The average Bonchev–Trinajstić information content (AvgIpc) is 3.05. The van der Waals surface area contributed by atoms with Crippen LogP contribution in [0.25, 0.3) is 0 Å². The monoisotopic (exact) mass is 331 g/mol. The summed E-state index contributed by atoms with van der Waals surface area (Å²) in [7, 11) is 0. The number of carbonyl (C=O) groups excluding carboxylic acids is 2. The first-order valence-electron chi connectivity index (χ1n) is 7.80. The number of ketones is 1. The fourth-order valence-corrected chi connectivity index (χ4v) is 3.23. The van der Waals surface area contributed by atoms with E-state index in [0.717, 1.165) is 13.1 Å². The van der Waals surface area contributed by atoms with Crippen LogP contribution in [0.3, 0.4) is 0 Å². The van der Waals surface area contributed by atoms with Gasteiger partial charge in [-0.25, -0.2) is 0 Å². The van der Waals surface area contributed by atoms with Gasteiger partial charge in [-0.15, -0.1) is 11.3 Å². The number of amides is 1. The van der Waals surface area contributed by atoms with Gasteiger partial charge in [0.15, 0.2) is 11.8 Å². The van der Waals surface area contributed by atoms with Gasteiger partial charge in [-0.1, -0.05) is 18.2 Å². The molecule has 1 aromatic heterocycles. The van der Waals surface area contributed by atoms with Gasteiger partial charge in [0, 0.05) is 11.3 Å². The Bertz CT molecular complexity index is 667. The van der Waals surface area contributed by atoms with E-state index >= 15 is 0 Å². The summed E-state index contributed by atoms with van der Waals surface area (Å²) >= 11 is 1.71. The third-order valence-corrected chi connectivity index (χ3v) is 4.85. The normalized spacial score (nSPS) is 13.3. The van der Waals surface area contributed by atoms with E-state index < -0.39 is 0 Å². The molecular formula is C18H23N2O2S+. The van der Waals surface area contributed by atoms with Gasteiger partial charge < -0.3 is 10.2 Å². The van der Waals surface area contributed by atoms with E-state index in [1.54, 1.807) is 29.5 Å². The highest BCUT2D eigenvalue weighted by atomic mass is 32.1. The second-order valence-electron chi connectivity index (χ2n) is 5.62. The lowest BCUT2D eigenvalue weighted by molar-refractivity contribution is -0.925. The maximum atomic E-state index is 12.5. The van der Waals surface area contributed by atoms with Crippen LogP contribution < -0.4 is 10.2 Å². The zero-order valence-electron chi connectivity index (χ0n) is 13.8. The molecule has 0 aliphatic heterocycles. The van der Waals surface area contributed by atoms with Crippen LogP contribution in [0, 0.1) is 0 Å². The van der Waals surface area contributed by atoms with E-state index in [1.807, 2.05) is 19.1 Å². The molecule has 0 saturated carbocycles. The minimum atomic E-state index is -0.164. The van der Waals surface area contributed by atoms with Crippen LogP contribution in [0.15, 0.2) is 41.8 Å². The zero-order chi connectivity index (χ0) is 16.8. The van der Waals surface area contributed by atoms with Crippen LogP contribution in [0.2, 0.25) is 0 Å². The van der Waals surface area contributed by atoms with Crippen molar-refractivity contribution >= 4 is 28.7 Å². The third-order valence-electron chi connectivity index (χ3n) is 3.98. The lowest BCUT2D eigenvalue weighted by atomic mass is 10.1. The van der Waals surface area contributed by atoms with Crippen molar-refractivity contribution in [3.8, 4) is 0 Å². The van der Waals surface area contributed by atoms with Gasteiger partial charge in [0.25, 0.3) is 5.91 Å². The second-order valence-corrected chi connectivity index (χ2v) is 6.65. The van der Waals surface area contributed by atoms with Gasteiger partial charge in [0.1, 0.15) is 6.54 Å². The minimum Gasteiger partial charge on any atom is -0.321 e. The quantitative estimate of drug-likeness (QED) is 0.766. The van der Waals surface area contributed by atoms with Crippen molar-refractivity contribution in [3.63, 3.8) is 0 Å². The molecule has 2 aromatic rings. The molecule has 0 aliphatic rings. The van der Waals surface area contributed by atoms with Crippen LogP contribution in [0.5, 0.6) is 0 Å². The molecule has 0 fully saturated rings. The van der Waals surface area contributed by atoms with Gasteiger partial charge in [0.05, 0.1) is 11.4 Å². The smallest absolute Gasteiger partial charge is 0.282 e. The third kappa shape index (κ3) is 4.74. The molecule has 0 bridgehead atoms. The van der Waals surface area contributed by atoms with Crippen molar-refractivity contribution in [3.05, 3.63) is 52.2 Å². The molecule has 2 rings (SSSR count). The predicted molar refractivity (Wildman–Crippen MR) is 94.1 cm³/mol. The van der Waals surface area contributed by atoms with Crippen LogP contribution in [0.4, 0.5) is 5.69 Å². The van der Waals surface area contributed by atoms with E-state index in [1.165, 1.54) is 16.7 Å². The summed E-state index contributed by atoms with van der Waals surface area (Å²) < 4.78 is 0. The van der Waals surface area contributed by atoms with Gasteiger partial charge >= 0.3 is 0 Å². The molecule has 23 heavy (non-hydrogen) atoms. The second kappa shape index (κ2) is 8.04. The molecule has 1 aromatic carbocycles. The zero-order valence-corrected chi connectivity index (χ0v) is 14.6. The molecule has 2 N–H and O–H groups in total. The number of likely N-dealkylation sites (N-methyl/N-ethyl adjacent to an activating group) is 1. The van der Waals surface area contributed by atoms with Gasteiger partial charge in [-0.3, -0.25) is 9.59 Å². The Balaban J connectivity index is 2.03. The molecule has 1 amide bonds. The van der Waals surface area contributed by atoms with Crippen molar-refractivity contribution in [1.82, 2.24) is 0 Å². The number of hydrogen-bond donors (Lipinski definition) is 2. The van der Waals surface area contributed by atoms with Crippen molar-refractivity contribution < 1.29 is 14.5 Å². The molecule has 1 heterocycles. The number of benzene rings is 1. The summed E-state index contributed by atoms with van der Waals surface area (Å²) in [5.74, 6) is -0.0354. The first kappa shape index (κ1) is 17.4. The molecule has 2 atom stereocenters. The molecule has 4 nitrogen and oxygen atoms in total. The summed E-state index contributed by atoms with van der Waals surface area (Å²) in [6.45, 7) is 7.27. The Morgan fingerprint density at radius 1 is 1.26 bits per heavy atom. The Morgan fingerprint density at radius 2 is 2.04 bits per heavy atom. The highest BCUT2D eigenvalue weighted by molar-refractivity contribution is 7.09. The molecule has 5 heteroatoms. The molecule has 122 valence electrons. The maximum Gasteiger partial charge on any atom is 0.282 e. The summed E-state index contributed by atoms with van der Waals surface area (Å²) in [5, 5.41) is 4.98. The van der Waals surface area contributed by atoms with Crippen LogP contribution in [0.1, 0.15) is 36.0 Å². The van der Waals surface area contributed by atoms with Gasteiger partial charge in [-0.2, -0.15) is 0 Å². The number of Topliss-reactive ketones (excluding diaryl/α,β-unsaturated/α-hetero) is 1. The highest BCUT2D eigenvalue weighted by Gasteiger charge is 2.24. The van der Waals surface area contributed by atoms with Crippen LogP contribution in [-0.4, -0.2) is 24.3 Å². The summed E-state index contributed by atoms with van der Waals surface area (Å²) in [5.41, 5.74) is 1.27. The Labute approximate surface area is 141 Å². The van der Waals surface area contributed by atoms with E-state index in [0.29, 0.717) is 11.3 Å². The Morgan fingerprint density at radius 3 is 2.65 bits per heavy atom. The van der Waals surface area contributed by atoms with Crippen molar-refractivity contribution in [2.45, 2.75) is 33.4 Å².